The minimum absolute atomic E-state index is 0.288. The van der Waals surface area contributed by atoms with Gasteiger partial charge in [0.25, 0.3) is 0 Å². The number of likely N-dealkylation sites (tertiary alicyclic amines) is 1. The van der Waals surface area contributed by atoms with Gasteiger partial charge in [0.1, 0.15) is 30.3 Å². The predicted octanol–water partition coefficient (Wildman–Crippen LogP) is 6.16. The Morgan fingerprint density at radius 1 is 1.03 bits per heavy atom. The van der Waals surface area contributed by atoms with Crippen molar-refractivity contribution in [1.82, 2.24) is 10.1 Å². The Balaban J connectivity index is 1.06. The van der Waals surface area contributed by atoms with Crippen LogP contribution >= 0.6 is 0 Å². The van der Waals surface area contributed by atoms with Crippen LogP contribution in [0.1, 0.15) is 30.1 Å². The standard InChI is InChI=1S/C29H28FN2O3/c30-24-12-13-25-26(20-24)31-35-29(25)23-14-17-32(18-15-23)16-6-7-19-33-27-10-4-5-11-28(27)34-21-22-8-2-1-3-9-22/h1-3,5-13,20,23H,14-19,21H2/b7-6+. The molecule has 1 aliphatic heterocycles. The second-order valence-electron chi connectivity index (χ2n) is 8.71. The molecule has 1 fully saturated rings. The summed E-state index contributed by atoms with van der Waals surface area (Å²) in [5.41, 5.74) is 1.70. The van der Waals surface area contributed by atoms with E-state index in [4.69, 9.17) is 14.0 Å². The molecule has 0 aliphatic carbocycles. The minimum Gasteiger partial charge on any atom is -0.486 e. The van der Waals surface area contributed by atoms with Gasteiger partial charge in [0.2, 0.25) is 0 Å². The summed E-state index contributed by atoms with van der Waals surface area (Å²) in [4.78, 5) is 2.41. The van der Waals surface area contributed by atoms with Gasteiger partial charge < -0.3 is 14.0 Å². The normalized spacial score (nSPS) is 15.1. The number of aromatic nitrogens is 1. The summed E-state index contributed by atoms with van der Waals surface area (Å²) in [5.74, 6) is 2.31. The van der Waals surface area contributed by atoms with Gasteiger partial charge in [-0.05, 0) is 61.8 Å². The Hall–Kier alpha value is -3.64. The van der Waals surface area contributed by atoms with Crippen molar-refractivity contribution in [2.24, 2.45) is 0 Å². The summed E-state index contributed by atoms with van der Waals surface area (Å²) in [6.45, 7) is 3.79. The summed E-state index contributed by atoms with van der Waals surface area (Å²) >= 11 is 0. The Kier molecular flexibility index (Phi) is 7.39. The average Bonchev–Trinajstić information content (AvgIpc) is 3.32. The van der Waals surface area contributed by atoms with Gasteiger partial charge in [0.15, 0.2) is 11.5 Å². The molecule has 0 saturated carbocycles. The molecule has 0 N–H and O–H groups in total. The third kappa shape index (κ3) is 5.89. The van der Waals surface area contributed by atoms with Crippen molar-refractivity contribution in [3.05, 3.63) is 102 Å². The first-order chi connectivity index (χ1) is 17.3. The number of halogens is 1. The van der Waals surface area contributed by atoms with Gasteiger partial charge in [-0.3, -0.25) is 4.90 Å². The molecule has 6 heteroatoms. The first kappa shape index (κ1) is 23.1. The molecule has 0 amide bonds. The number of piperidine rings is 1. The van der Waals surface area contributed by atoms with E-state index in [9.17, 15) is 4.39 Å². The Labute approximate surface area is 204 Å². The quantitative estimate of drug-likeness (QED) is 0.274. The van der Waals surface area contributed by atoms with Crippen LogP contribution < -0.4 is 9.47 Å². The van der Waals surface area contributed by atoms with Crippen molar-refractivity contribution in [1.29, 1.82) is 0 Å². The van der Waals surface area contributed by atoms with Gasteiger partial charge >= 0.3 is 0 Å². The van der Waals surface area contributed by atoms with Crippen molar-refractivity contribution in [2.45, 2.75) is 25.4 Å². The maximum Gasteiger partial charge on any atom is 0.162 e. The first-order valence-electron chi connectivity index (χ1n) is 12.0. The third-order valence-electron chi connectivity index (χ3n) is 6.32. The van der Waals surface area contributed by atoms with Crippen LogP contribution in [-0.4, -0.2) is 36.3 Å². The number of benzene rings is 3. The molecule has 1 aliphatic rings. The van der Waals surface area contributed by atoms with Crippen molar-refractivity contribution in [3.8, 4) is 11.5 Å². The van der Waals surface area contributed by atoms with Crippen LogP contribution in [0.3, 0.4) is 0 Å². The lowest BCUT2D eigenvalue weighted by molar-refractivity contribution is 0.214. The highest BCUT2D eigenvalue weighted by Gasteiger charge is 2.25. The van der Waals surface area contributed by atoms with Crippen LogP contribution in [0.25, 0.3) is 10.9 Å². The maximum atomic E-state index is 13.4. The molecule has 1 aromatic heterocycles. The topological polar surface area (TPSA) is 47.7 Å². The van der Waals surface area contributed by atoms with E-state index in [0.29, 0.717) is 36.1 Å². The van der Waals surface area contributed by atoms with Gasteiger partial charge in [-0.25, -0.2) is 4.39 Å². The molecule has 35 heavy (non-hydrogen) atoms. The fourth-order valence-corrected chi connectivity index (χ4v) is 4.41. The fraction of sp³-hybridized carbons (Fsp3) is 0.276. The monoisotopic (exact) mass is 471 g/mol. The van der Waals surface area contributed by atoms with Gasteiger partial charge in [-0.15, -0.1) is 0 Å². The Morgan fingerprint density at radius 2 is 1.89 bits per heavy atom. The zero-order valence-electron chi connectivity index (χ0n) is 19.5. The molecule has 3 aromatic carbocycles. The summed E-state index contributed by atoms with van der Waals surface area (Å²) in [7, 11) is 0. The number of fused-ring (bicyclic) bond motifs is 1. The van der Waals surface area contributed by atoms with E-state index >= 15 is 0 Å². The molecule has 0 spiro atoms. The highest BCUT2D eigenvalue weighted by atomic mass is 19.1. The summed E-state index contributed by atoms with van der Waals surface area (Å²) < 4.78 is 30.9. The molecule has 5 rings (SSSR count). The van der Waals surface area contributed by atoms with Gasteiger partial charge in [-0.1, -0.05) is 53.7 Å². The second kappa shape index (κ2) is 11.2. The van der Waals surface area contributed by atoms with Gasteiger partial charge in [-0.2, -0.15) is 0 Å². The van der Waals surface area contributed by atoms with E-state index < -0.39 is 0 Å². The molecular weight excluding hydrogens is 443 g/mol. The molecule has 179 valence electrons. The van der Waals surface area contributed by atoms with Crippen LogP contribution in [-0.2, 0) is 6.61 Å². The van der Waals surface area contributed by atoms with E-state index in [2.05, 4.69) is 22.2 Å². The van der Waals surface area contributed by atoms with Crippen LogP contribution in [0.5, 0.6) is 11.5 Å². The van der Waals surface area contributed by atoms with Crippen molar-refractivity contribution in [3.63, 3.8) is 0 Å². The lowest BCUT2D eigenvalue weighted by Gasteiger charge is -2.30. The molecule has 1 saturated heterocycles. The lowest BCUT2D eigenvalue weighted by atomic mass is 9.92. The average molecular weight is 472 g/mol. The lowest BCUT2D eigenvalue weighted by Crippen LogP contribution is -2.33. The maximum absolute atomic E-state index is 13.4. The summed E-state index contributed by atoms with van der Waals surface area (Å²) in [6.07, 6.45) is 6.17. The zero-order valence-corrected chi connectivity index (χ0v) is 19.5. The second-order valence-corrected chi connectivity index (χ2v) is 8.71. The van der Waals surface area contributed by atoms with E-state index in [1.165, 1.54) is 12.1 Å². The van der Waals surface area contributed by atoms with Crippen molar-refractivity contribution >= 4 is 10.9 Å². The summed E-state index contributed by atoms with van der Waals surface area (Å²) in [6, 6.07) is 23.3. The van der Waals surface area contributed by atoms with Crippen molar-refractivity contribution in [2.75, 3.05) is 26.2 Å². The molecule has 4 aromatic rings. The van der Waals surface area contributed by atoms with Crippen LogP contribution in [0.4, 0.5) is 4.39 Å². The van der Waals surface area contributed by atoms with Crippen LogP contribution in [0, 0.1) is 11.9 Å². The fourth-order valence-electron chi connectivity index (χ4n) is 4.41. The largest absolute Gasteiger partial charge is 0.486 e. The van der Waals surface area contributed by atoms with Crippen molar-refractivity contribution < 1.29 is 18.4 Å². The smallest absolute Gasteiger partial charge is 0.162 e. The molecule has 2 heterocycles. The van der Waals surface area contributed by atoms with E-state index in [-0.39, 0.29) is 5.82 Å². The zero-order chi connectivity index (χ0) is 23.9. The van der Waals surface area contributed by atoms with Gasteiger partial charge in [0, 0.05) is 23.9 Å². The Bertz CT molecular complexity index is 1260. The van der Waals surface area contributed by atoms with Crippen LogP contribution in [0.15, 0.2) is 83.4 Å². The van der Waals surface area contributed by atoms with Gasteiger partial charge in [0.05, 0.1) is 0 Å². The highest BCUT2D eigenvalue weighted by molar-refractivity contribution is 5.80. The van der Waals surface area contributed by atoms with E-state index in [1.54, 1.807) is 12.1 Å². The highest BCUT2D eigenvalue weighted by Crippen LogP contribution is 2.33. The number of rotatable bonds is 9. The third-order valence-corrected chi connectivity index (χ3v) is 6.32. The molecule has 0 bridgehead atoms. The molecule has 1 radical (unpaired) electrons. The van der Waals surface area contributed by atoms with E-state index in [1.807, 2.05) is 48.5 Å². The number of hydrogen-bond donors (Lipinski definition) is 0. The van der Waals surface area contributed by atoms with Crippen LogP contribution in [0.2, 0.25) is 0 Å². The number of ether oxygens (including phenoxy) is 2. The first-order valence-corrected chi connectivity index (χ1v) is 12.0. The summed E-state index contributed by atoms with van der Waals surface area (Å²) in [5, 5.41) is 4.96. The minimum atomic E-state index is -0.288. The number of nitrogens with zero attached hydrogens (tertiary/aromatic N) is 2. The SMILES string of the molecule is Fc1ccc2c(C3CCN(C/C=C/COc4c[c]ccc4OCc4ccccc4)CC3)onc2c1. The molecular formula is C29H28FN2O3. The predicted molar refractivity (Wildman–Crippen MR) is 133 cm³/mol. The van der Waals surface area contributed by atoms with E-state index in [0.717, 1.165) is 49.2 Å². The number of hydrogen-bond acceptors (Lipinski definition) is 5. The Morgan fingerprint density at radius 3 is 2.74 bits per heavy atom. The molecule has 5 nitrogen and oxygen atoms in total. The molecule has 0 atom stereocenters. The molecule has 0 unspecified atom stereocenters.